The Kier molecular flexibility index (Phi) is 5.89. The van der Waals surface area contributed by atoms with Crippen molar-refractivity contribution in [2.75, 3.05) is 19.0 Å². The summed E-state index contributed by atoms with van der Waals surface area (Å²) >= 11 is 0. The zero-order valence-electron chi connectivity index (χ0n) is 13.5. The molecule has 0 heterocycles. The van der Waals surface area contributed by atoms with E-state index >= 15 is 0 Å². The summed E-state index contributed by atoms with van der Waals surface area (Å²) in [6.45, 7) is 3.52. The van der Waals surface area contributed by atoms with Crippen molar-refractivity contribution in [3.63, 3.8) is 0 Å². The molecule has 0 saturated heterocycles. The van der Waals surface area contributed by atoms with Gasteiger partial charge in [-0.05, 0) is 30.3 Å². The van der Waals surface area contributed by atoms with Crippen LogP contribution in [-0.2, 0) is 10.0 Å². The molecular formula is C17H17FN2O4S. The Morgan fingerprint density at radius 2 is 2.04 bits per heavy atom. The minimum atomic E-state index is -3.75. The fraction of sp³-hybridized carbons (Fsp3) is 0.118. The number of ether oxygens (including phenoxy) is 1. The fourth-order valence-electron chi connectivity index (χ4n) is 2.02. The molecule has 0 aliphatic rings. The van der Waals surface area contributed by atoms with Crippen LogP contribution < -0.4 is 14.8 Å². The maximum atomic E-state index is 13.2. The molecule has 0 aliphatic carbocycles. The zero-order chi connectivity index (χ0) is 18.4. The average Bonchev–Trinajstić information content (AvgIpc) is 2.61. The van der Waals surface area contributed by atoms with E-state index in [4.69, 9.17) is 4.74 Å². The minimum Gasteiger partial charge on any atom is -0.494 e. The molecule has 6 nitrogen and oxygen atoms in total. The first-order valence-corrected chi connectivity index (χ1v) is 8.71. The number of nitrogens with one attached hydrogen (secondary N) is 2. The predicted octanol–water partition coefficient (Wildman–Crippen LogP) is 2.55. The fourth-order valence-corrected chi connectivity index (χ4v) is 3.06. The standard InChI is InChI=1S/C17H17FN2O4S/c1-3-9-19-25(22,23)14-6-4-5-12(10-14)17(21)20-15-8-7-13(18)11-16(15)24-2/h3-8,10-11,19H,1,9H2,2H3,(H,20,21). The van der Waals surface area contributed by atoms with Crippen molar-refractivity contribution in [2.45, 2.75) is 4.90 Å². The molecule has 0 fully saturated rings. The summed E-state index contributed by atoms with van der Waals surface area (Å²) in [7, 11) is -2.40. The normalized spacial score (nSPS) is 11.0. The lowest BCUT2D eigenvalue weighted by Gasteiger charge is -2.11. The van der Waals surface area contributed by atoms with E-state index in [2.05, 4.69) is 16.6 Å². The molecule has 2 aromatic rings. The number of hydrogen-bond acceptors (Lipinski definition) is 4. The van der Waals surface area contributed by atoms with Gasteiger partial charge in [0.25, 0.3) is 5.91 Å². The van der Waals surface area contributed by atoms with Crippen LogP contribution in [0.15, 0.2) is 60.0 Å². The van der Waals surface area contributed by atoms with Crippen LogP contribution in [0.2, 0.25) is 0 Å². The van der Waals surface area contributed by atoms with Crippen LogP contribution in [0.25, 0.3) is 0 Å². The van der Waals surface area contributed by atoms with Crippen LogP contribution in [0.4, 0.5) is 10.1 Å². The van der Waals surface area contributed by atoms with Crippen molar-refractivity contribution in [3.05, 3.63) is 66.5 Å². The van der Waals surface area contributed by atoms with E-state index in [1.165, 1.54) is 49.6 Å². The summed E-state index contributed by atoms with van der Waals surface area (Å²) in [6.07, 6.45) is 1.41. The van der Waals surface area contributed by atoms with Crippen LogP contribution in [0.5, 0.6) is 5.75 Å². The molecule has 0 spiro atoms. The second-order valence-electron chi connectivity index (χ2n) is 4.97. The molecule has 2 N–H and O–H groups in total. The number of benzene rings is 2. The van der Waals surface area contributed by atoms with Gasteiger partial charge in [-0.1, -0.05) is 12.1 Å². The number of methoxy groups -OCH3 is 1. The number of amides is 1. The monoisotopic (exact) mass is 364 g/mol. The third kappa shape index (κ3) is 4.65. The maximum Gasteiger partial charge on any atom is 0.255 e. The molecular weight excluding hydrogens is 347 g/mol. The Hall–Kier alpha value is -2.71. The van der Waals surface area contributed by atoms with Gasteiger partial charge in [0.1, 0.15) is 11.6 Å². The lowest BCUT2D eigenvalue weighted by molar-refractivity contribution is 0.102. The van der Waals surface area contributed by atoms with Crippen molar-refractivity contribution in [3.8, 4) is 5.75 Å². The highest BCUT2D eigenvalue weighted by Crippen LogP contribution is 2.25. The van der Waals surface area contributed by atoms with Crippen LogP contribution >= 0.6 is 0 Å². The lowest BCUT2D eigenvalue weighted by atomic mass is 10.2. The van der Waals surface area contributed by atoms with E-state index in [1.807, 2.05) is 0 Å². The van der Waals surface area contributed by atoms with Gasteiger partial charge >= 0.3 is 0 Å². The van der Waals surface area contributed by atoms with Crippen LogP contribution in [0.3, 0.4) is 0 Å². The van der Waals surface area contributed by atoms with Gasteiger partial charge in [0.05, 0.1) is 17.7 Å². The third-order valence-corrected chi connectivity index (χ3v) is 4.66. The largest absolute Gasteiger partial charge is 0.494 e. The molecule has 1 amide bonds. The molecule has 0 bridgehead atoms. The summed E-state index contributed by atoms with van der Waals surface area (Å²) in [6, 6.07) is 9.22. The second kappa shape index (κ2) is 7.91. The van der Waals surface area contributed by atoms with Gasteiger partial charge in [0, 0.05) is 18.2 Å². The predicted molar refractivity (Wildman–Crippen MR) is 92.7 cm³/mol. The molecule has 132 valence electrons. The number of carbonyl (C=O) groups is 1. The van der Waals surface area contributed by atoms with Gasteiger partial charge in [-0.15, -0.1) is 6.58 Å². The first kappa shape index (κ1) is 18.6. The van der Waals surface area contributed by atoms with E-state index < -0.39 is 21.7 Å². The highest BCUT2D eigenvalue weighted by Gasteiger charge is 2.16. The number of carbonyl (C=O) groups excluding carboxylic acids is 1. The Morgan fingerprint density at radius 3 is 2.72 bits per heavy atom. The highest BCUT2D eigenvalue weighted by atomic mass is 32.2. The SMILES string of the molecule is C=CCNS(=O)(=O)c1cccc(C(=O)Nc2ccc(F)cc2OC)c1. The van der Waals surface area contributed by atoms with E-state index in [0.29, 0.717) is 0 Å². The molecule has 0 aromatic heterocycles. The first-order valence-electron chi connectivity index (χ1n) is 7.23. The topological polar surface area (TPSA) is 84.5 Å². The van der Waals surface area contributed by atoms with Crippen molar-refractivity contribution in [1.82, 2.24) is 4.72 Å². The molecule has 8 heteroatoms. The van der Waals surface area contributed by atoms with Gasteiger partial charge in [-0.25, -0.2) is 17.5 Å². The zero-order valence-corrected chi connectivity index (χ0v) is 14.3. The van der Waals surface area contributed by atoms with E-state index in [-0.39, 0.29) is 28.4 Å². The van der Waals surface area contributed by atoms with Crippen LogP contribution in [-0.4, -0.2) is 28.0 Å². The van der Waals surface area contributed by atoms with Crippen LogP contribution in [0.1, 0.15) is 10.4 Å². The van der Waals surface area contributed by atoms with Gasteiger partial charge in [0.2, 0.25) is 10.0 Å². The van der Waals surface area contributed by atoms with E-state index in [0.717, 1.165) is 6.07 Å². The Labute approximate surface area is 145 Å². The second-order valence-corrected chi connectivity index (χ2v) is 6.73. The molecule has 0 radical (unpaired) electrons. The Bertz CT molecular complexity index is 897. The highest BCUT2D eigenvalue weighted by molar-refractivity contribution is 7.89. The summed E-state index contributed by atoms with van der Waals surface area (Å²) in [5.41, 5.74) is 0.403. The molecule has 25 heavy (non-hydrogen) atoms. The van der Waals surface area contributed by atoms with Gasteiger partial charge in [-0.3, -0.25) is 4.79 Å². The van der Waals surface area contributed by atoms with Crippen molar-refractivity contribution in [1.29, 1.82) is 0 Å². The number of sulfonamides is 1. The average molecular weight is 364 g/mol. The van der Waals surface area contributed by atoms with Crippen LogP contribution in [0, 0.1) is 5.82 Å². The maximum absolute atomic E-state index is 13.2. The summed E-state index contributed by atoms with van der Waals surface area (Å²) in [5.74, 6) is -0.897. The minimum absolute atomic E-state index is 0.0481. The molecule has 2 aromatic carbocycles. The summed E-state index contributed by atoms with van der Waals surface area (Å²) < 4.78 is 44.8. The smallest absolute Gasteiger partial charge is 0.255 e. The van der Waals surface area contributed by atoms with Crippen molar-refractivity contribution >= 4 is 21.6 Å². The quantitative estimate of drug-likeness (QED) is 0.740. The Morgan fingerprint density at radius 1 is 1.28 bits per heavy atom. The number of halogens is 1. The number of anilines is 1. The third-order valence-electron chi connectivity index (χ3n) is 3.24. The van der Waals surface area contributed by atoms with Gasteiger partial charge < -0.3 is 10.1 Å². The first-order chi connectivity index (χ1) is 11.9. The van der Waals surface area contributed by atoms with Crippen molar-refractivity contribution in [2.24, 2.45) is 0 Å². The number of hydrogen-bond donors (Lipinski definition) is 2. The molecule has 0 atom stereocenters. The van der Waals surface area contributed by atoms with Gasteiger partial charge in [0.15, 0.2) is 0 Å². The molecule has 2 rings (SSSR count). The molecule has 0 unspecified atom stereocenters. The van der Waals surface area contributed by atoms with Gasteiger partial charge in [-0.2, -0.15) is 0 Å². The summed E-state index contributed by atoms with van der Waals surface area (Å²) in [4.78, 5) is 12.3. The Balaban J connectivity index is 2.26. The van der Waals surface area contributed by atoms with Crippen molar-refractivity contribution < 1.29 is 22.3 Å². The molecule has 0 saturated carbocycles. The van der Waals surface area contributed by atoms with E-state index in [9.17, 15) is 17.6 Å². The molecule has 0 aliphatic heterocycles. The van der Waals surface area contributed by atoms with E-state index in [1.54, 1.807) is 0 Å². The number of rotatable bonds is 7. The lowest BCUT2D eigenvalue weighted by Crippen LogP contribution is -2.24. The summed E-state index contributed by atoms with van der Waals surface area (Å²) in [5, 5.41) is 2.56.